The minimum atomic E-state index is -1.31. The molecule has 3 aromatic carbocycles. The van der Waals surface area contributed by atoms with E-state index in [1.54, 1.807) is 67.6 Å². The molecular formula is C35H29FN2O6. The van der Waals surface area contributed by atoms with Crippen molar-refractivity contribution in [2.24, 2.45) is 29.1 Å². The first-order valence-corrected chi connectivity index (χ1v) is 14.6. The van der Waals surface area contributed by atoms with Gasteiger partial charge >= 0.3 is 0 Å². The molecule has 0 radical (unpaired) electrons. The maximum atomic E-state index is 14.8. The van der Waals surface area contributed by atoms with E-state index < -0.39 is 64.3 Å². The number of carbonyl (C=O) groups is 5. The Balaban J connectivity index is 1.34. The number of para-hydroxylation sites is 1. The van der Waals surface area contributed by atoms with E-state index in [9.17, 15) is 33.5 Å². The molecule has 2 heterocycles. The Morgan fingerprint density at radius 2 is 1.55 bits per heavy atom. The maximum Gasteiger partial charge on any atom is 0.241 e. The highest BCUT2D eigenvalue weighted by Crippen LogP contribution is 2.63. The Kier molecular flexibility index (Phi) is 6.21. The summed E-state index contributed by atoms with van der Waals surface area (Å²) >= 11 is 0. The van der Waals surface area contributed by atoms with E-state index in [1.165, 1.54) is 24.0 Å². The number of benzene rings is 3. The fourth-order valence-corrected chi connectivity index (χ4v) is 8.02. The van der Waals surface area contributed by atoms with Gasteiger partial charge in [0.25, 0.3) is 0 Å². The van der Waals surface area contributed by atoms with E-state index in [0.29, 0.717) is 22.5 Å². The van der Waals surface area contributed by atoms with Crippen molar-refractivity contribution in [1.29, 1.82) is 0 Å². The highest BCUT2D eigenvalue weighted by Gasteiger charge is 2.67. The number of rotatable bonds is 4. The van der Waals surface area contributed by atoms with Crippen molar-refractivity contribution in [2.45, 2.75) is 32.6 Å². The van der Waals surface area contributed by atoms with Gasteiger partial charge in [0, 0.05) is 11.5 Å². The van der Waals surface area contributed by atoms with Crippen LogP contribution >= 0.6 is 0 Å². The number of halogens is 1. The number of carbonyl (C=O) groups excluding carboxylic acids is 5. The summed E-state index contributed by atoms with van der Waals surface area (Å²) in [6.07, 6.45) is 2.30. The molecular weight excluding hydrogens is 563 g/mol. The second-order valence-corrected chi connectivity index (χ2v) is 12.3. The van der Waals surface area contributed by atoms with Crippen LogP contribution in [-0.2, 0) is 19.2 Å². The predicted octanol–water partition coefficient (Wildman–Crippen LogP) is 5.17. The molecule has 0 bridgehead atoms. The van der Waals surface area contributed by atoms with Crippen molar-refractivity contribution in [3.05, 3.63) is 101 Å². The largest absolute Gasteiger partial charge is 0.505 e. The number of ketones is 1. The summed E-state index contributed by atoms with van der Waals surface area (Å²) in [5, 5.41) is 9.96. The second-order valence-electron chi connectivity index (χ2n) is 12.3. The first-order chi connectivity index (χ1) is 21.0. The van der Waals surface area contributed by atoms with Crippen molar-refractivity contribution in [3.63, 3.8) is 0 Å². The van der Waals surface area contributed by atoms with E-state index in [4.69, 9.17) is 0 Å². The van der Waals surface area contributed by atoms with Crippen LogP contribution in [0.15, 0.2) is 84.4 Å². The molecule has 222 valence electrons. The predicted molar refractivity (Wildman–Crippen MR) is 158 cm³/mol. The molecule has 2 aliphatic carbocycles. The summed E-state index contributed by atoms with van der Waals surface area (Å²) in [5.41, 5.74) is 1.07. The molecule has 3 fully saturated rings. The molecule has 8 nitrogen and oxygen atoms in total. The maximum absolute atomic E-state index is 14.8. The van der Waals surface area contributed by atoms with Crippen LogP contribution in [0.2, 0.25) is 0 Å². The fourth-order valence-electron chi connectivity index (χ4n) is 8.02. The molecule has 0 aromatic heterocycles. The monoisotopic (exact) mass is 592 g/mol. The first-order valence-electron chi connectivity index (χ1n) is 14.6. The SMILES string of the molecule is CC(=O)c1ccc(N2C(=O)C3CC=C4C(CC5C(=O)N(c6ccccc6)C(=O)C5(C)C4c4ccc(O)c(F)c4)C3C2=O)cc1. The number of phenols is 1. The number of nitrogens with zero attached hydrogens (tertiary/aromatic N) is 2. The lowest BCUT2D eigenvalue weighted by atomic mass is 9.51. The van der Waals surface area contributed by atoms with Crippen molar-refractivity contribution in [2.75, 3.05) is 9.80 Å². The molecule has 2 aliphatic heterocycles. The molecule has 44 heavy (non-hydrogen) atoms. The number of amides is 4. The molecule has 9 heteroatoms. The van der Waals surface area contributed by atoms with Gasteiger partial charge in [0.15, 0.2) is 17.3 Å². The zero-order chi connectivity index (χ0) is 31.1. The zero-order valence-corrected chi connectivity index (χ0v) is 24.1. The van der Waals surface area contributed by atoms with Gasteiger partial charge in [0.1, 0.15) is 0 Å². The number of aromatic hydroxyl groups is 1. The minimum Gasteiger partial charge on any atom is -0.505 e. The summed E-state index contributed by atoms with van der Waals surface area (Å²) < 4.78 is 14.8. The van der Waals surface area contributed by atoms with Crippen molar-refractivity contribution in [3.8, 4) is 5.75 Å². The smallest absolute Gasteiger partial charge is 0.241 e. The normalized spacial score (nSPS) is 29.3. The summed E-state index contributed by atoms with van der Waals surface area (Å²) in [6.45, 7) is 3.16. The molecule has 7 rings (SSSR count). The van der Waals surface area contributed by atoms with Crippen LogP contribution in [0.3, 0.4) is 0 Å². The lowest BCUT2D eigenvalue weighted by molar-refractivity contribution is -0.131. The van der Waals surface area contributed by atoms with Crippen molar-refractivity contribution < 1.29 is 33.5 Å². The van der Waals surface area contributed by atoms with Gasteiger partial charge in [-0.15, -0.1) is 0 Å². The standard InChI is InChI=1S/C35H29FN2O6/c1-18(39)19-8-11-22(12-9-19)37-31(41)24-14-13-23-25(29(24)33(37)43)17-26-32(42)38(21-6-4-3-5-7-21)34(44)35(26,2)30(23)20-10-15-28(40)27(36)16-20/h3-13,15-16,24-26,29-30,40H,14,17H2,1-2H3. The zero-order valence-electron chi connectivity index (χ0n) is 24.1. The van der Waals surface area contributed by atoms with E-state index in [2.05, 4.69) is 0 Å². The van der Waals surface area contributed by atoms with Crippen LogP contribution in [0.4, 0.5) is 15.8 Å². The van der Waals surface area contributed by atoms with Crippen LogP contribution < -0.4 is 9.80 Å². The van der Waals surface area contributed by atoms with Crippen LogP contribution in [0.5, 0.6) is 5.75 Å². The molecule has 2 saturated heterocycles. The first kappa shape index (κ1) is 27.9. The Labute approximate surface area is 252 Å². The molecule has 1 saturated carbocycles. The van der Waals surface area contributed by atoms with Gasteiger partial charge in [-0.3, -0.25) is 28.9 Å². The lowest BCUT2D eigenvalue weighted by Crippen LogP contribution is -2.48. The van der Waals surface area contributed by atoms with E-state index >= 15 is 0 Å². The summed E-state index contributed by atoms with van der Waals surface area (Å²) in [7, 11) is 0. The van der Waals surface area contributed by atoms with E-state index in [-0.39, 0.29) is 24.5 Å². The number of hydrogen-bond acceptors (Lipinski definition) is 6. The molecule has 6 atom stereocenters. The van der Waals surface area contributed by atoms with Crippen LogP contribution in [0.25, 0.3) is 0 Å². The third-order valence-corrected chi connectivity index (χ3v) is 10.1. The van der Waals surface area contributed by atoms with Crippen molar-refractivity contribution >= 4 is 40.8 Å². The number of fused-ring (bicyclic) bond motifs is 4. The quantitative estimate of drug-likeness (QED) is 0.254. The number of allylic oxidation sites excluding steroid dienone is 2. The molecule has 0 spiro atoms. The van der Waals surface area contributed by atoms with E-state index in [1.807, 2.05) is 6.08 Å². The van der Waals surface area contributed by atoms with Gasteiger partial charge in [-0.2, -0.15) is 0 Å². The molecule has 4 aliphatic rings. The Morgan fingerprint density at radius 1 is 0.864 bits per heavy atom. The van der Waals surface area contributed by atoms with Crippen LogP contribution in [0, 0.1) is 34.9 Å². The second kappa shape index (κ2) is 9.80. The summed E-state index contributed by atoms with van der Waals surface area (Å²) in [5.74, 6) is -6.73. The number of Topliss-reactive ketones (excluding diaryl/α,β-unsaturated/α-hetero) is 1. The number of hydrogen-bond donors (Lipinski definition) is 1. The fraction of sp³-hybridized carbons (Fsp3) is 0.286. The van der Waals surface area contributed by atoms with Gasteiger partial charge in [-0.05, 0) is 86.7 Å². The van der Waals surface area contributed by atoms with E-state index in [0.717, 1.165) is 10.5 Å². The summed E-state index contributed by atoms with van der Waals surface area (Å²) in [6, 6.07) is 18.9. The van der Waals surface area contributed by atoms with Gasteiger partial charge in [-0.1, -0.05) is 35.9 Å². The molecule has 1 N–H and O–H groups in total. The third kappa shape index (κ3) is 3.77. The lowest BCUT2D eigenvalue weighted by Gasteiger charge is -2.49. The van der Waals surface area contributed by atoms with Gasteiger partial charge in [-0.25, -0.2) is 9.29 Å². The highest BCUT2D eigenvalue weighted by atomic mass is 19.1. The Hall–Kier alpha value is -4.92. The average Bonchev–Trinajstić information content (AvgIpc) is 3.38. The number of imide groups is 2. The third-order valence-electron chi connectivity index (χ3n) is 10.1. The van der Waals surface area contributed by atoms with Gasteiger partial charge in [0.05, 0.1) is 34.5 Å². The van der Waals surface area contributed by atoms with Crippen LogP contribution in [-0.4, -0.2) is 34.5 Å². The highest BCUT2D eigenvalue weighted by molar-refractivity contribution is 6.25. The number of anilines is 2. The van der Waals surface area contributed by atoms with Crippen molar-refractivity contribution in [1.82, 2.24) is 0 Å². The molecule has 4 amide bonds. The van der Waals surface area contributed by atoms with Gasteiger partial charge < -0.3 is 5.11 Å². The Morgan fingerprint density at radius 3 is 2.20 bits per heavy atom. The summed E-state index contributed by atoms with van der Waals surface area (Å²) in [4.78, 5) is 70.4. The molecule has 6 unspecified atom stereocenters. The van der Waals surface area contributed by atoms with Crippen LogP contribution in [0.1, 0.15) is 48.5 Å². The van der Waals surface area contributed by atoms with Gasteiger partial charge in [0.2, 0.25) is 23.6 Å². The topological polar surface area (TPSA) is 112 Å². The molecule has 3 aromatic rings. The Bertz CT molecular complexity index is 1800. The minimum absolute atomic E-state index is 0.138. The number of phenolic OH excluding ortho intramolecular Hbond substituents is 1. The average molecular weight is 593 g/mol.